The number of fused-ring (bicyclic) bond motifs is 11. The van der Waals surface area contributed by atoms with Crippen molar-refractivity contribution in [1.82, 2.24) is 9.97 Å². The standard InChI is InChI=1S/C47H32N2/c1-47(2)40-20-12-11-19-37(40)43-38-25-22-33-27-31(21-24-34(33)42(38)35-17-9-10-18-36(35)44(43)47)32-23-26-41-39(28-32)45(29-13-5-3-6-14-29)49-46(48-41)30-15-7-4-8-16-30/h3-28H,1-2H3. The van der Waals surface area contributed by atoms with Gasteiger partial charge in [-0.2, -0.15) is 0 Å². The number of aromatic nitrogens is 2. The highest BCUT2D eigenvalue weighted by molar-refractivity contribution is 6.26. The first-order chi connectivity index (χ1) is 24.1. The van der Waals surface area contributed by atoms with Gasteiger partial charge in [0.15, 0.2) is 5.82 Å². The van der Waals surface area contributed by atoms with Crippen LogP contribution in [0.5, 0.6) is 0 Å². The Kier molecular flexibility index (Phi) is 5.95. The van der Waals surface area contributed by atoms with Gasteiger partial charge in [-0.3, -0.25) is 0 Å². The van der Waals surface area contributed by atoms with Gasteiger partial charge in [-0.05, 0) is 83.9 Å². The molecule has 0 saturated carbocycles. The molecule has 0 radical (unpaired) electrons. The Morgan fingerprint density at radius 3 is 1.92 bits per heavy atom. The molecule has 0 amide bonds. The molecule has 10 rings (SSSR count). The molecular formula is C47H32N2. The molecule has 1 aromatic heterocycles. The van der Waals surface area contributed by atoms with Crippen molar-refractivity contribution in [2.24, 2.45) is 0 Å². The Bertz CT molecular complexity index is 2780. The minimum Gasteiger partial charge on any atom is -0.228 e. The third-order valence-electron chi connectivity index (χ3n) is 10.6. The molecule has 1 aliphatic rings. The van der Waals surface area contributed by atoms with Crippen molar-refractivity contribution in [3.05, 3.63) is 169 Å². The molecule has 0 fully saturated rings. The van der Waals surface area contributed by atoms with Gasteiger partial charge in [0.1, 0.15) is 0 Å². The van der Waals surface area contributed by atoms with E-state index in [-0.39, 0.29) is 5.41 Å². The number of nitrogens with zero attached hydrogens (tertiary/aromatic N) is 2. The fraction of sp³-hybridized carbons (Fsp3) is 0.0638. The Labute approximate surface area is 285 Å². The first-order valence-corrected chi connectivity index (χ1v) is 17.0. The van der Waals surface area contributed by atoms with Crippen molar-refractivity contribution in [3.63, 3.8) is 0 Å². The molecular weight excluding hydrogens is 593 g/mol. The van der Waals surface area contributed by atoms with Crippen LogP contribution in [0.3, 0.4) is 0 Å². The topological polar surface area (TPSA) is 25.8 Å². The van der Waals surface area contributed by atoms with Crippen LogP contribution in [0.1, 0.15) is 25.0 Å². The lowest BCUT2D eigenvalue weighted by atomic mass is 9.79. The van der Waals surface area contributed by atoms with E-state index in [9.17, 15) is 0 Å². The van der Waals surface area contributed by atoms with Crippen molar-refractivity contribution in [2.45, 2.75) is 19.3 Å². The molecule has 0 aliphatic heterocycles. The SMILES string of the molecule is CC1(C)c2ccccc2-c2c1c1ccccc1c1c2ccc2cc(-c3ccc4nc(-c5ccccc5)nc(-c5ccccc5)c4c3)ccc21. The van der Waals surface area contributed by atoms with Gasteiger partial charge in [-0.25, -0.2) is 9.97 Å². The zero-order valence-corrected chi connectivity index (χ0v) is 27.4. The lowest BCUT2D eigenvalue weighted by molar-refractivity contribution is 0.666. The molecule has 2 heteroatoms. The monoisotopic (exact) mass is 624 g/mol. The smallest absolute Gasteiger partial charge is 0.160 e. The number of hydrogen-bond acceptors (Lipinski definition) is 2. The Morgan fingerprint density at radius 2 is 1.10 bits per heavy atom. The number of hydrogen-bond donors (Lipinski definition) is 0. The molecule has 1 aliphatic carbocycles. The summed E-state index contributed by atoms with van der Waals surface area (Å²) in [6.07, 6.45) is 0. The normalized spacial score (nSPS) is 13.3. The van der Waals surface area contributed by atoms with Crippen LogP contribution in [0.15, 0.2) is 158 Å². The van der Waals surface area contributed by atoms with E-state index >= 15 is 0 Å². The third kappa shape index (κ3) is 4.14. The van der Waals surface area contributed by atoms with E-state index in [0.29, 0.717) is 0 Å². The highest BCUT2D eigenvalue weighted by Gasteiger charge is 2.38. The van der Waals surface area contributed by atoms with Gasteiger partial charge in [0.05, 0.1) is 11.2 Å². The van der Waals surface area contributed by atoms with Gasteiger partial charge in [-0.15, -0.1) is 0 Å². The zero-order chi connectivity index (χ0) is 32.7. The summed E-state index contributed by atoms with van der Waals surface area (Å²) in [4.78, 5) is 10.2. The van der Waals surface area contributed by atoms with E-state index < -0.39 is 0 Å². The van der Waals surface area contributed by atoms with E-state index in [1.807, 2.05) is 24.3 Å². The minimum atomic E-state index is -0.0706. The van der Waals surface area contributed by atoms with Gasteiger partial charge in [-0.1, -0.05) is 153 Å². The molecule has 230 valence electrons. The summed E-state index contributed by atoms with van der Waals surface area (Å²) in [5.74, 6) is 0.738. The maximum absolute atomic E-state index is 5.13. The predicted octanol–water partition coefficient (Wildman–Crippen LogP) is 12.4. The lowest BCUT2D eigenvalue weighted by Crippen LogP contribution is -2.15. The van der Waals surface area contributed by atoms with Crippen LogP contribution in [0.4, 0.5) is 0 Å². The van der Waals surface area contributed by atoms with Crippen molar-refractivity contribution in [2.75, 3.05) is 0 Å². The van der Waals surface area contributed by atoms with Gasteiger partial charge in [0, 0.05) is 21.9 Å². The molecule has 8 aromatic carbocycles. The van der Waals surface area contributed by atoms with Crippen molar-refractivity contribution in [3.8, 4) is 44.9 Å². The summed E-state index contributed by atoms with van der Waals surface area (Å²) in [6, 6.07) is 56.9. The second-order valence-corrected chi connectivity index (χ2v) is 13.8. The first-order valence-electron chi connectivity index (χ1n) is 17.0. The van der Waals surface area contributed by atoms with Crippen LogP contribution >= 0.6 is 0 Å². The van der Waals surface area contributed by atoms with Gasteiger partial charge in [0.25, 0.3) is 0 Å². The maximum atomic E-state index is 5.13. The van der Waals surface area contributed by atoms with E-state index in [4.69, 9.17) is 9.97 Å². The van der Waals surface area contributed by atoms with Crippen LogP contribution in [0, 0.1) is 0 Å². The summed E-state index contributed by atoms with van der Waals surface area (Å²) in [5, 5.41) is 8.89. The molecule has 0 atom stereocenters. The zero-order valence-electron chi connectivity index (χ0n) is 27.4. The Hall–Kier alpha value is -6.12. The minimum absolute atomic E-state index is 0.0706. The van der Waals surface area contributed by atoms with Gasteiger partial charge < -0.3 is 0 Å². The second kappa shape index (κ2) is 10.4. The van der Waals surface area contributed by atoms with Crippen molar-refractivity contribution < 1.29 is 0 Å². The lowest BCUT2D eigenvalue weighted by Gasteiger charge is -2.24. The Morgan fingerprint density at radius 1 is 0.449 bits per heavy atom. The average Bonchev–Trinajstić information content (AvgIpc) is 3.41. The predicted molar refractivity (Wildman–Crippen MR) is 206 cm³/mol. The fourth-order valence-corrected chi connectivity index (χ4v) is 8.35. The van der Waals surface area contributed by atoms with Crippen LogP contribution in [0.2, 0.25) is 0 Å². The largest absolute Gasteiger partial charge is 0.228 e. The second-order valence-electron chi connectivity index (χ2n) is 13.8. The molecule has 49 heavy (non-hydrogen) atoms. The van der Waals surface area contributed by atoms with Crippen LogP contribution in [0.25, 0.3) is 88.1 Å². The summed E-state index contributed by atoms with van der Waals surface area (Å²) >= 11 is 0. The molecule has 0 spiro atoms. The maximum Gasteiger partial charge on any atom is 0.160 e. The van der Waals surface area contributed by atoms with Crippen LogP contribution in [-0.4, -0.2) is 9.97 Å². The highest BCUT2D eigenvalue weighted by Crippen LogP contribution is 2.55. The first kappa shape index (κ1) is 27.9. The molecule has 0 saturated heterocycles. The average molecular weight is 625 g/mol. The highest BCUT2D eigenvalue weighted by atomic mass is 14.9. The molecule has 0 unspecified atom stereocenters. The number of rotatable bonds is 3. The van der Waals surface area contributed by atoms with E-state index in [1.165, 1.54) is 60.1 Å². The summed E-state index contributed by atoms with van der Waals surface area (Å²) < 4.78 is 0. The van der Waals surface area contributed by atoms with Crippen molar-refractivity contribution in [1.29, 1.82) is 0 Å². The molecule has 9 aromatic rings. The van der Waals surface area contributed by atoms with E-state index in [2.05, 4.69) is 147 Å². The van der Waals surface area contributed by atoms with Gasteiger partial charge >= 0.3 is 0 Å². The fourth-order valence-electron chi connectivity index (χ4n) is 8.35. The quantitative estimate of drug-likeness (QED) is 0.183. The molecule has 1 heterocycles. The Balaban J connectivity index is 1.18. The van der Waals surface area contributed by atoms with Crippen LogP contribution in [-0.2, 0) is 5.41 Å². The van der Waals surface area contributed by atoms with Crippen molar-refractivity contribution >= 4 is 43.2 Å². The van der Waals surface area contributed by atoms with Gasteiger partial charge in [0.2, 0.25) is 0 Å². The third-order valence-corrected chi connectivity index (χ3v) is 10.6. The molecule has 2 nitrogen and oxygen atoms in total. The van der Waals surface area contributed by atoms with E-state index in [1.54, 1.807) is 0 Å². The van der Waals surface area contributed by atoms with Crippen LogP contribution < -0.4 is 0 Å². The molecule has 0 bridgehead atoms. The summed E-state index contributed by atoms with van der Waals surface area (Å²) in [7, 11) is 0. The number of benzene rings is 8. The summed E-state index contributed by atoms with van der Waals surface area (Å²) in [5.41, 5.74) is 11.8. The van der Waals surface area contributed by atoms with E-state index in [0.717, 1.165) is 39.1 Å². The molecule has 0 N–H and O–H groups in total. The summed E-state index contributed by atoms with van der Waals surface area (Å²) in [6.45, 7) is 4.76.